The Hall–Kier alpha value is -2.77. The lowest BCUT2D eigenvalue weighted by Crippen LogP contribution is -2.63. The van der Waals surface area contributed by atoms with E-state index >= 15 is 0 Å². The minimum Gasteiger partial charge on any atom is -0.332 e. The average molecular weight is 430 g/mol. The van der Waals surface area contributed by atoms with E-state index in [1.165, 1.54) is 25.1 Å². The van der Waals surface area contributed by atoms with E-state index in [-0.39, 0.29) is 11.7 Å². The van der Waals surface area contributed by atoms with Crippen LogP contribution in [-0.2, 0) is 19.2 Å². The Kier molecular flexibility index (Phi) is 6.48. The number of imide groups is 2. The minimum absolute atomic E-state index is 0.0729. The Morgan fingerprint density at radius 2 is 1.55 bits per heavy atom. The van der Waals surface area contributed by atoms with Crippen molar-refractivity contribution in [3.63, 3.8) is 0 Å². The normalized spacial score (nSPS) is 28.1. The lowest BCUT2D eigenvalue weighted by molar-refractivity contribution is -0.143. The molecule has 2 atom stereocenters. The van der Waals surface area contributed by atoms with Crippen molar-refractivity contribution in [2.24, 2.45) is 22.7 Å². The van der Waals surface area contributed by atoms with E-state index in [0.717, 1.165) is 18.4 Å². The third kappa shape index (κ3) is 3.83. The van der Waals surface area contributed by atoms with Crippen molar-refractivity contribution in [1.82, 2.24) is 16.0 Å². The number of carbonyl (C=O) groups is 5. The number of ketones is 1. The van der Waals surface area contributed by atoms with Gasteiger partial charge in [0.05, 0.1) is 0 Å². The number of rotatable bonds is 4. The summed E-state index contributed by atoms with van der Waals surface area (Å²) in [6.07, 6.45) is 10.8. The van der Waals surface area contributed by atoms with Crippen LogP contribution in [0.15, 0.2) is 23.9 Å². The maximum atomic E-state index is 12.3. The highest BCUT2D eigenvalue weighted by Gasteiger charge is 2.53. The molecule has 3 N–H and O–H groups in total. The van der Waals surface area contributed by atoms with Crippen molar-refractivity contribution in [3.8, 4) is 0 Å². The van der Waals surface area contributed by atoms with Crippen LogP contribution in [0.4, 0.5) is 4.79 Å². The summed E-state index contributed by atoms with van der Waals surface area (Å²) in [4.78, 5) is 58.6. The van der Waals surface area contributed by atoms with Crippen LogP contribution in [0.25, 0.3) is 0 Å². The summed E-state index contributed by atoms with van der Waals surface area (Å²) < 4.78 is 0. The van der Waals surface area contributed by atoms with Gasteiger partial charge in [-0.25, -0.2) is 4.79 Å². The van der Waals surface area contributed by atoms with Crippen molar-refractivity contribution in [1.29, 1.82) is 0 Å². The van der Waals surface area contributed by atoms with Gasteiger partial charge in [-0.15, -0.1) is 0 Å². The van der Waals surface area contributed by atoms with Crippen LogP contribution >= 0.6 is 0 Å². The number of hydrogen-bond acceptors (Lipinski definition) is 5. The van der Waals surface area contributed by atoms with Gasteiger partial charge in [0.15, 0.2) is 5.78 Å². The first kappa shape index (κ1) is 22.9. The maximum absolute atomic E-state index is 12.3. The summed E-state index contributed by atoms with van der Waals surface area (Å²) in [7, 11) is 0. The molecule has 0 aromatic rings. The fraction of sp³-hybridized carbons (Fsp3) is 0.609. The van der Waals surface area contributed by atoms with Crippen LogP contribution in [-0.4, -0.2) is 29.5 Å². The summed E-state index contributed by atoms with van der Waals surface area (Å²) in [6.45, 7) is 5.55. The monoisotopic (exact) mass is 429 g/mol. The zero-order valence-electron chi connectivity index (χ0n) is 18.4. The zero-order valence-corrected chi connectivity index (χ0v) is 18.4. The molecule has 1 saturated heterocycles. The van der Waals surface area contributed by atoms with E-state index in [9.17, 15) is 24.0 Å². The third-order valence-corrected chi connectivity index (χ3v) is 7.40. The van der Waals surface area contributed by atoms with Gasteiger partial charge in [0, 0.05) is 6.20 Å². The largest absolute Gasteiger partial charge is 0.332 e. The second-order valence-electron chi connectivity index (χ2n) is 8.79. The lowest BCUT2D eigenvalue weighted by Gasteiger charge is -2.37. The third-order valence-electron chi connectivity index (χ3n) is 7.40. The van der Waals surface area contributed by atoms with Crippen LogP contribution in [0, 0.1) is 22.7 Å². The molecular weight excluding hydrogens is 398 g/mol. The van der Waals surface area contributed by atoms with E-state index in [1.807, 2.05) is 20.8 Å². The van der Waals surface area contributed by atoms with E-state index < -0.39 is 28.7 Å². The van der Waals surface area contributed by atoms with Gasteiger partial charge in [-0.05, 0) is 68.4 Å². The van der Waals surface area contributed by atoms with Crippen LogP contribution < -0.4 is 16.0 Å². The van der Waals surface area contributed by atoms with Crippen molar-refractivity contribution in [3.05, 3.63) is 23.9 Å². The molecular formula is C23H31N3O5. The second-order valence-corrected chi connectivity index (χ2v) is 8.79. The number of barbiturate groups is 1. The molecule has 168 valence electrons. The molecule has 0 aromatic heterocycles. The topological polar surface area (TPSA) is 121 Å². The first-order valence-corrected chi connectivity index (χ1v) is 11.1. The molecule has 4 aliphatic rings. The fourth-order valence-corrected chi connectivity index (χ4v) is 5.35. The van der Waals surface area contributed by atoms with Gasteiger partial charge in [0.1, 0.15) is 10.8 Å². The van der Waals surface area contributed by atoms with Crippen molar-refractivity contribution in [2.45, 2.75) is 65.7 Å². The van der Waals surface area contributed by atoms with Crippen LogP contribution in [0.2, 0.25) is 0 Å². The quantitative estimate of drug-likeness (QED) is 0.468. The fourth-order valence-electron chi connectivity index (χ4n) is 5.35. The molecule has 0 aromatic carbocycles. The van der Waals surface area contributed by atoms with Crippen LogP contribution in [0.1, 0.15) is 65.7 Å². The SMILES string of the molecule is CCC1(C2=C[C@H]3CC[C@@H](C2)C3)C(=O)NC(=O)NC1=O.CCC1(CC)C(=O)C=CNC1=O. The molecule has 2 aliphatic heterocycles. The van der Waals surface area contributed by atoms with Crippen molar-refractivity contribution >= 4 is 29.5 Å². The van der Waals surface area contributed by atoms with E-state index in [1.54, 1.807) is 0 Å². The smallest absolute Gasteiger partial charge is 0.328 e. The Morgan fingerprint density at radius 1 is 0.903 bits per heavy atom. The predicted molar refractivity (Wildman–Crippen MR) is 113 cm³/mol. The summed E-state index contributed by atoms with van der Waals surface area (Å²) in [5.74, 6) is -0.0779. The highest BCUT2D eigenvalue weighted by molar-refractivity contribution is 6.21. The van der Waals surface area contributed by atoms with Gasteiger partial charge in [0.25, 0.3) is 0 Å². The number of allylic oxidation sites excluding steroid dienone is 2. The molecule has 0 radical (unpaired) electrons. The number of carbonyl (C=O) groups excluding carboxylic acids is 5. The lowest BCUT2D eigenvalue weighted by atomic mass is 9.69. The van der Waals surface area contributed by atoms with E-state index in [4.69, 9.17) is 0 Å². The number of fused-ring (bicyclic) bond motifs is 2. The molecule has 2 bridgehead atoms. The molecule has 0 unspecified atom stereocenters. The van der Waals surface area contributed by atoms with E-state index in [0.29, 0.717) is 31.1 Å². The van der Waals surface area contributed by atoms with Gasteiger partial charge in [-0.2, -0.15) is 0 Å². The second kappa shape index (κ2) is 8.77. The first-order chi connectivity index (χ1) is 14.7. The molecule has 8 nitrogen and oxygen atoms in total. The van der Waals surface area contributed by atoms with Gasteiger partial charge in [0.2, 0.25) is 17.7 Å². The summed E-state index contributed by atoms with van der Waals surface area (Å²) in [5.41, 5.74) is -1.06. The van der Waals surface area contributed by atoms with Crippen LogP contribution in [0.5, 0.6) is 0 Å². The highest BCUT2D eigenvalue weighted by atomic mass is 16.2. The molecule has 5 amide bonds. The van der Waals surface area contributed by atoms with Gasteiger partial charge >= 0.3 is 6.03 Å². The van der Waals surface area contributed by atoms with E-state index in [2.05, 4.69) is 22.0 Å². The Morgan fingerprint density at radius 3 is 2.03 bits per heavy atom. The molecule has 8 heteroatoms. The maximum Gasteiger partial charge on any atom is 0.328 e. The number of urea groups is 1. The van der Waals surface area contributed by atoms with Gasteiger partial charge < -0.3 is 5.32 Å². The molecule has 2 aliphatic carbocycles. The van der Waals surface area contributed by atoms with Crippen LogP contribution in [0.3, 0.4) is 0 Å². The standard InChI is InChI=1S/C14H18N2O3.C9H13NO2/c1-2-14(11(17)15-13(19)16-12(14)18)10-6-8-3-4-9(5-8)7-10;1-3-9(4-2)7(11)5-6-10-8(9)12/h6,8-9H,2-5,7H2,1H3,(H2,15,16,17,18,19);5-6H,3-4H2,1-2H3,(H,10,12)/t8-,9+;/m0./s1. The van der Waals surface area contributed by atoms with Gasteiger partial charge in [-0.1, -0.05) is 26.8 Å². The minimum atomic E-state index is -1.17. The molecule has 31 heavy (non-hydrogen) atoms. The highest BCUT2D eigenvalue weighted by Crippen LogP contribution is 2.48. The Balaban J connectivity index is 0.000000196. The Bertz CT molecular complexity index is 848. The Labute approximate surface area is 182 Å². The van der Waals surface area contributed by atoms with Gasteiger partial charge in [-0.3, -0.25) is 29.8 Å². The number of amides is 5. The summed E-state index contributed by atoms with van der Waals surface area (Å²) >= 11 is 0. The number of hydrogen-bond donors (Lipinski definition) is 3. The zero-order chi connectivity index (χ0) is 22.8. The molecule has 4 rings (SSSR count). The average Bonchev–Trinajstić information content (AvgIpc) is 3.07. The molecule has 0 spiro atoms. The molecule has 2 fully saturated rings. The first-order valence-electron chi connectivity index (χ1n) is 11.1. The summed E-state index contributed by atoms with van der Waals surface area (Å²) in [6, 6.07) is -0.710. The summed E-state index contributed by atoms with van der Waals surface area (Å²) in [5, 5.41) is 7.06. The van der Waals surface area contributed by atoms with Crippen molar-refractivity contribution in [2.75, 3.05) is 0 Å². The molecule has 1 saturated carbocycles. The predicted octanol–water partition coefficient (Wildman–Crippen LogP) is 2.50. The number of nitrogens with one attached hydrogen (secondary N) is 3. The van der Waals surface area contributed by atoms with Crippen molar-refractivity contribution < 1.29 is 24.0 Å². The molecule has 2 heterocycles.